The van der Waals surface area contributed by atoms with Crippen LogP contribution in [0, 0.1) is 13.8 Å². The van der Waals surface area contributed by atoms with Gasteiger partial charge in [0.25, 0.3) is 0 Å². The molecular formula is C17H19N3O. The van der Waals surface area contributed by atoms with E-state index in [-0.39, 0.29) is 5.91 Å². The minimum atomic E-state index is -0.248. The number of nitrogens with zero attached hydrogens (tertiary/aromatic N) is 2. The molecule has 0 aliphatic carbocycles. The summed E-state index contributed by atoms with van der Waals surface area (Å²) in [6, 6.07) is 8.55. The van der Waals surface area contributed by atoms with Gasteiger partial charge in [-0.25, -0.2) is 0 Å². The van der Waals surface area contributed by atoms with Gasteiger partial charge >= 0.3 is 0 Å². The Morgan fingerprint density at radius 2 is 2.05 bits per heavy atom. The number of amides is 1. The van der Waals surface area contributed by atoms with Crippen molar-refractivity contribution >= 4 is 27.7 Å². The Labute approximate surface area is 123 Å². The number of aryl methyl sites for hydroxylation is 3. The zero-order chi connectivity index (χ0) is 15.0. The molecule has 0 aliphatic heterocycles. The summed E-state index contributed by atoms with van der Waals surface area (Å²) in [5, 5.41) is 2.46. The molecule has 2 N–H and O–H groups in total. The summed E-state index contributed by atoms with van der Waals surface area (Å²) in [4.78, 5) is 15.4. The molecule has 0 aliphatic rings. The van der Waals surface area contributed by atoms with Crippen LogP contribution in [0.15, 0.2) is 30.5 Å². The Morgan fingerprint density at radius 3 is 2.81 bits per heavy atom. The predicted molar refractivity (Wildman–Crippen MR) is 85.1 cm³/mol. The average molecular weight is 281 g/mol. The maximum Gasteiger partial charge on any atom is 0.217 e. The summed E-state index contributed by atoms with van der Waals surface area (Å²) in [5.74, 6) is -0.248. The summed E-state index contributed by atoms with van der Waals surface area (Å²) in [6.45, 7) is 4.90. The van der Waals surface area contributed by atoms with Gasteiger partial charge in [0, 0.05) is 35.5 Å². The van der Waals surface area contributed by atoms with Crippen LogP contribution in [0.3, 0.4) is 0 Å². The molecule has 3 aromatic rings. The quantitative estimate of drug-likeness (QED) is 0.799. The van der Waals surface area contributed by atoms with Gasteiger partial charge < -0.3 is 10.3 Å². The Bertz CT molecular complexity index is 833. The highest BCUT2D eigenvalue weighted by Gasteiger charge is 2.13. The number of benzene rings is 1. The van der Waals surface area contributed by atoms with E-state index >= 15 is 0 Å². The number of rotatable bonds is 4. The number of primary amides is 1. The molecule has 1 amide bonds. The smallest absolute Gasteiger partial charge is 0.217 e. The highest BCUT2D eigenvalue weighted by molar-refractivity contribution is 6.08. The first-order valence-corrected chi connectivity index (χ1v) is 7.20. The van der Waals surface area contributed by atoms with Gasteiger partial charge in [0.15, 0.2) is 0 Å². The molecule has 108 valence electrons. The molecule has 1 aromatic carbocycles. The fraction of sp³-hybridized carbons (Fsp3) is 0.294. The molecule has 0 saturated heterocycles. The summed E-state index contributed by atoms with van der Waals surface area (Å²) in [5.41, 5.74) is 9.85. The predicted octanol–water partition coefficient (Wildman–Crippen LogP) is 3.07. The zero-order valence-electron chi connectivity index (χ0n) is 12.4. The van der Waals surface area contributed by atoms with Crippen LogP contribution in [0.2, 0.25) is 0 Å². The SMILES string of the molecule is Cc1ccc2c3ccnc(C)c3n(CCCC(N)=O)c2c1. The number of aromatic nitrogens is 2. The van der Waals surface area contributed by atoms with Gasteiger partial charge in [-0.05, 0) is 38.0 Å². The maximum absolute atomic E-state index is 11.0. The molecule has 0 bridgehead atoms. The van der Waals surface area contributed by atoms with Crippen molar-refractivity contribution in [2.45, 2.75) is 33.2 Å². The lowest BCUT2D eigenvalue weighted by molar-refractivity contribution is -0.118. The van der Waals surface area contributed by atoms with Crippen LogP contribution in [0.25, 0.3) is 21.8 Å². The van der Waals surface area contributed by atoms with Crippen molar-refractivity contribution in [1.82, 2.24) is 9.55 Å². The lowest BCUT2D eigenvalue weighted by Crippen LogP contribution is -2.11. The molecule has 3 rings (SSSR count). The Kier molecular flexibility index (Phi) is 3.37. The van der Waals surface area contributed by atoms with Gasteiger partial charge in [-0.2, -0.15) is 0 Å². The molecule has 0 unspecified atom stereocenters. The molecule has 0 radical (unpaired) electrons. The highest BCUT2D eigenvalue weighted by atomic mass is 16.1. The third-order valence-corrected chi connectivity index (χ3v) is 3.92. The van der Waals surface area contributed by atoms with Gasteiger partial charge in [0.05, 0.1) is 11.2 Å². The summed E-state index contributed by atoms with van der Waals surface area (Å²) >= 11 is 0. The zero-order valence-corrected chi connectivity index (χ0v) is 12.4. The molecule has 2 aromatic heterocycles. The normalized spacial score (nSPS) is 11.3. The average Bonchev–Trinajstić information content (AvgIpc) is 2.74. The number of fused-ring (bicyclic) bond motifs is 3. The molecule has 0 saturated carbocycles. The molecule has 21 heavy (non-hydrogen) atoms. The second-order valence-corrected chi connectivity index (χ2v) is 5.53. The topological polar surface area (TPSA) is 60.9 Å². The van der Waals surface area contributed by atoms with E-state index in [0.717, 1.165) is 24.2 Å². The molecule has 0 atom stereocenters. The number of carbonyl (C=O) groups excluding carboxylic acids is 1. The second-order valence-electron chi connectivity index (χ2n) is 5.53. The number of hydrogen-bond donors (Lipinski definition) is 1. The largest absolute Gasteiger partial charge is 0.370 e. The van der Waals surface area contributed by atoms with Crippen molar-refractivity contribution in [2.24, 2.45) is 5.73 Å². The Hall–Kier alpha value is -2.36. The van der Waals surface area contributed by atoms with Gasteiger partial charge in [-0.1, -0.05) is 12.1 Å². The minimum absolute atomic E-state index is 0.248. The molecular weight excluding hydrogens is 262 g/mol. The standard InChI is InChI=1S/C17H19N3O/c1-11-5-6-13-14-7-8-19-12(2)17(14)20(15(13)10-11)9-3-4-16(18)21/h5-8,10H,3-4,9H2,1-2H3,(H2,18,21). The molecule has 4 nitrogen and oxygen atoms in total. The van der Waals surface area contributed by atoms with E-state index in [9.17, 15) is 4.79 Å². The highest BCUT2D eigenvalue weighted by Crippen LogP contribution is 2.31. The van der Waals surface area contributed by atoms with E-state index in [4.69, 9.17) is 5.73 Å². The van der Waals surface area contributed by atoms with Crippen LogP contribution in [0.5, 0.6) is 0 Å². The van der Waals surface area contributed by atoms with Crippen molar-refractivity contribution in [3.8, 4) is 0 Å². The van der Waals surface area contributed by atoms with Gasteiger partial charge in [-0.15, -0.1) is 0 Å². The van der Waals surface area contributed by atoms with Crippen LogP contribution in [0.1, 0.15) is 24.1 Å². The van der Waals surface area contributed by atoms with Crippen molar-refractivity contribution in [3.63, 3.8) is 0 Å². The number of hydrogen-bond acceptors (Lipinski definition) is 2. The Balaban J connectivity index is 2.21. The van der Waals surface area contributed by atoms with E-state index in [2.05, 4.69) is 40.7 Å². The molecule has 0 fully saturated rings. The number of pyridine rings is 1. The second kappa shape index (κ2) is 5.20. The van der Waals surface area contributed by atoms with E-state index in [1.165, 1.54) is 21.9 Å². The van der Waals surface area contributed by atoms with Crippen molar-refractivity contribution in [1.29, 1.82) is 0 Å². The van der Waals surface area contributed by atoms with Gasteiger partial charge in [0.1, 0.15) is 0 Å². The van der Waals surface area contributed by atoms with Crippen LogP contribution in [0.4, 0.5) is 0 Å². The first-order chi connectivity index (χ1) is 10.1. The van der Waals surface area contributed by atoms with Gasteiger partial charge in [0.2, 0.25) is 5.91 Å². The van der Waals surface area contributed by atoms with Crippen LogP contribution in [-0.2, 0) is 11.3 Å². The van der Waals surface area contributed by atoms with Crippen LogP contribution in [-0.4, -0.2) is 15.5 Å². The van der Waals surface area contributed by atoms with E-state index < -0.39 is 0 Å². The fourth-order valence-electron chi connectivity index (χ4n) is 2.97. The van der Waals surface area contributed by atoms with E-state index in [1.807, 2.05) is 13.1 Å². The first-order valence-electron chi connectivity index (χ1n) is 7.20. The summed E-state index contributed by atoms with van der Waals surface area (Å²) in [6.07, 6.45) is 3.01. The third kappa shape index (κ3) is 2.37. The fourth-order valence-corrected chi connectivity index (χ4v) is 2.97. The monoisotopic (exact) mass is 281 g/mol. The molecule has 0 spiro atoms. The van der Waals surface area contributed by atoms with Crippen molar-refractivity contribution in [3.05, 3.63) is 41.7 Å². The minimum Gasteiger partial charge on any atom is -0.370 e. The first kappa shape index (κ1) is 13.6. The summed E-state index contributed by atoms with van der Waals surface area (Å²) in [7, 11) is 0. The van der Waals surface area contributed by atoms with Crippen molar-refractivity contribution < 1.29 is 4.79 Å². The van der Waals surface area contributed by atoms with Crippen LogP contribution >= 0.6 is 0 Å². The number of carbonyl (C=O) groups is 1. The van der Waals surface area contributed by atoms with Crippen LogP contribution < -0.4 is 5.73 Å². The third-order valence-electron chi connectivity index (χ3n) is 3.92. The summed E-state index contributed by atoms with van der Waals surface area (Å²) < 4.78 is 2.27. The Morgan fingerprint density at radius 1 is 1.24 bits per heavy atom. The lowest BCUT2D eigenvalue weighted by atomic mass is 10.1. The van der Waals surface area contributed by atoms with E-state index in [0.29, 0.717) is 6.42 Å². The number of nitrogens with two attached hydrogens (primary N) is 1. The molecule has 4 heteroatoms. The van der Waals surface area contributed by atoms with Gasteiger partial charge in [-0.3, -0.25) is 9.78 Å². The maximum atomic E-state index is 11.0. The van der Waals surface area contributed by atoms with Crippen molar-refractivity contribution in [2.75, 3.05) is 0 Å². The molecule has 2 heterocycles. The van der Waals surface area contributed by atoms with E-state index in [1.54, 1.807) is 0 Å². The lowest BCUT2D eigenvalue weighted by Gasteiger charge is -2.08.